The predicted molar refractivity (Wildman–Crippen MR) is 51.5 cm³/mol. The standard InChI is InChI=1S/C9H16N2O2/c1-3-5-7(10)6-8(11)9(12)13-4-2/h6,11H,3-5,10H2,1-2H3/b7-6-,11-8?. The Hall–Kier alpha value is -1.32. The van der Waals surface area contributed by atoms with Gasteiger partial charge in [0.1, 0.15) is 5.71 Å². The van der Waals surface area contributed by atoms with E-state index in [1.54, 1.807) is 6.92 Å². The Morgan fingerprint density at radius 3 is 2.62 bits per heavy atom. The van der Waals surface area contributed by atoms with Crippen LogP contribution in [0, 0.1) is 5.41 Å². The second-order valence-electron chi connectivity index (χ2n) is 2.60. The van der Waals surface area contributed by atoms with Gasteiger partial charge >= 0.3 is 5.97 Å². The minimum Gasteiger partial charge on any atom is -0.461 e. The van der Waals surface area contributed by atoms with E-state index in [-0.39, 0.29) is 12.3 Å². The number of carbonyl (C=O) groups is 1. The van der Waals surface area contributed by atoms with E-state index in [0.29, 0.717) is 12.1 Å². The first-order chi connectivity index (χ1) is 6.11. The molecular formula is C9H16N2O2. The molecule has 0 aliphatic carbocycles. The number of rotatable bonds is 5. The topological polar surface area (TPSA) is 76.2 Å². The molecule has 3 N–H and O–H groups in total. The zero-order valence-corrected chi connectivity index (χ0v) is 8.09. The fourth-order valence-corrected chi connectivity index (χ4v) is 0.814. The van der Waals surface area contributed by atoms with Crippen LogP contribution in [0.15, 0.2) is 11.8 Å². The van der Waals surface area contributed by atoms with Crippen LogP contribution in [-0.4, -0.2) is 18.3 Å². The average Bonchev–Trinajstić information content (AvgIpc) is 2.05. The summed E-state index contributed by atoms with van der Waals surface area (Å²) < 4.78 is 4.62. The van der Waals surface area contributed by atoms with E-state index < -0.39 is 5.97 Å². The van der Waals surface area contributed by atoms with Crippen molar-refractivity contribution in [2.75, 3.05) is 6.61 Å². The third-order valence-electron chi connectivity index (χ3n) is 1.36. The number of hydrogen-bond donors (Lipinski definition) is 2. The van der Waals surface area contributed by atoms with Gasteiger partial charge in [0, 0.05) is 5.70 Å². The number of nitrogens with one attached hydrogen (secondary N) is 1. The molecule has 0 radical (unpaired) electrons. The van der Waals surface area contributed by atoms with Crippen LogP contribution in [0.1, 0.15) is 26.7 Å². The highest BCUT2D eigenvalue weighted by atomic mass is 16.5. The minimum absolute atomic E-state index is 0.187. The molecule has 0 bridgehead atoms. The highest BCUT2D eigenvalue weighted by Crippen LogP contribution is 1.97. The fraction of sp³-hybridized carbons (Fsp3) is 0.556. The van der Waals surface area contributed by atoms with E-state index in [1.165, 1.54) is 6.08 Å². The van der Waals surface area contributed by atoms with Crippen LogP contribution in [0.5, 0.6) is 0 Å². The normalized spacial score (nSPS) is 11.1. The van der Waals surface area contributed by atoms with Crippen LogP contribution < -0.4 is 5.73 Å². The third kappa shape index (κ3) is 5.00. The van der Waals surface area contributed by atoms with Crippen molar-refractivity contribution >= 4 is 11.7 Å². The summed E-state index contributed by atoms with van der Waals surface area (Å²) in [5.41, 5.74) is 5.89. The predicted octanol–water partition coefficient (Wildman–Crippen LogP) is 1.21. The van der Waals surface area contributed by atoms with Crippen molar-refractivity contribution in [3.8, 4) is 0 Å². The first-order valence-corrected chi connectivity index (χ1v) is 4.33. The van der Waals surface area contributed by atoms with Crippen molar-refractivity contribution in [2.24, 2.45) is 5.73 Å². The zero-order chi connectivity index (χ0) is 10.3. The van der Waals surface area contributed by atoms with Crippen LogP contribution in [0.2, 0.25) is 0 Å². The molecule has 0 heterocycles. The lowest BCUT2D eigenvalue weighted by Gasteiger charge is -2.00. The molecule has 74 valence electrons. The van der Waals surface area contributed by atoms with Crippen molar-refractivity contribution < 1.29 is 9.53 Å². The molecule has 0 aliphatic heterocycles. The van der Waals surface area contributed by atoms with Crippen molar-refractivity contribution in [2.45, 2.75) is 26.7 Å². The molecule has 13 heavy (non-hydrogen) atoms. The lowest BCUT2D eigenvalue weighted by Crippen LogP contribution is -2.15. The van der Waals surface area contributed by atoms with Crippen LogP contribution in [0.25, 0.3) is 0 Å². The lowest BCUT2D eigenvalue weighted by molar-refractivity contribution is -0.135. The number of esters is 1. The molecule has 0 aromatic rings. The lowest BCUT2D eigenvalue weighted by atomic mass is 10.2. The Kier molecular flexibility index (Phi) is 5.59. The second-order valence-corrected chi connectivity index (χ2v) is 2.60. The van der Waals surface area contributed by atoms with Crippen molar-refractivity contribution in [1.29, 1.82) is 5.41 Å². The Morgan fingerprint density at radius 2 is 2.15 bits per heavy atom. The van der Waals surface area contributed by atoms with Crippen molar-refractivity contribution in [3.05, 3.63) is 11.8 Å². The summed E-state index contributed by atoms with van der Waals surface area (Å²) in [6.45, 7) is 3.96. The van der Waals surface area contributed by atoms with Crippen LogP contribution >= 0.6 is 0 Å². The van der Waals surface area contributed by atoms with Gasteiger partial charge in [0.05, 0.1) is 6.61 Å². The molecular weight excluding hydrogens is 168 g/mol. The Balaban J connectivity index is 4.12. The summed E-state index contributed by atoms with van der Waals surface area (Å²) in [7, 11) is 0. The quantitative estimate of drug-likeness (QED) is 0.498. The van der Waals surface area contributed by atoms with Gasteiger partial charge < -0.3 is 10.5 Å². The van der Waals surface area contributed by atoms with Gasteiger partial charge in [-0.25, -0.2) is 4.79 Å². The molecule has 4 nitrogen and oxygen atoms in total. The molecule has 0 saturated carbocycles. The molecule has 0 fully saturated rings. The van der Waals surface area contributed by atoms with Crippen LogP contribution in [0.3, 0.4) is 0 Å². The molecule has 0 unspecified atom stereocenters. The molecule has 0 rings (SSSR count). The van der Waals surface area contributed by atoms with Gasteiger partial charge in [-0.3, -0.25) is 5.41 Å². The van der Waals surface area contributed by atoms with E-state index in [9.17, 15) is 4.79 Å². The summed E-state index contributed by atoms with van der Waals surface area (Å²) >= 11 is 0. The maximum absolute atomic E-state index is 10.9. The number of hydrogen-bond acceptors (Lipinski definition) is 4. The molecule has 0 amide bonds. The fourth-order valence-electron chi connectivity index (χ4n) is 0.814. The Bertz CT molecular complexity index is 222. The molecule has 0 atom stereocenters. The van der Waals surface area contributed by atoms with Gasteiger partial charge in [-0.1, -0.05) is 13.3 Å². The van der Waals surface area contributed by atoms with Gasteiger partial charge in [0.25, 0.3) is 0 Å². The molecule has 0 aliphatic rings. The van der Waals surface area contributed by atoms with Gasteiger partial charge in [-0.05, 0) is 19.4 Å². The monoisotopic (exact) mass is 184 g/mol. The van der Waals surface area contributed by atoms with Gasteiger partial charge in [0.15, 0.2) is 0 Å². The van der Waals surface area contributed by atoms with Crippen molar-refractivity contribution in [1.82, 2.24) is 0 Å². The molecule has 0 spiro atoms. The summed E-state index contributed by atoms with van der Waals surface area (Å²) in [6, 6.07) is 0. The van der Waals surface area contributed by atoms with Crippen molar-refractivity contribution in [3.63, 3.8) is 0 Å². The maximum atomic E-state index is 10.9. The van der Waals surface area contributed by atoms with Crippen LogP contribution in [-0.2, 0) is 9.53 Å². The SMILES string of the molecule is CCC/C(N)=C/C(=N)C(=O)OCC. The maximum Gasteiger partial charge on any atom is 0.356 e. The Labute approximate surface area is 78.3 Å². The number of allylic oxidation sites excluding steroid dienone is 1. The summed E-state index contributed by atoms with van der Waals surface area (Å²) in [5.74, 6) is -0.624. The Morgan fingerprint density at radius 1 is 1.54 bits per heavy atom. The minimum atomic E-state index is -0.624. The van der Waals surface area contributed by atoms with E-state index in [0.717, 1.165) is 6.42 Å². The largest absolute Gasteiger partial charge is 0.461 e. The zero-order valence-electron chi connectivity index (χ0n) is 8.09. The summed E-state index contributed by atoms with van der Waals surface area (Å²) in [5, 5.41) is 7.28. The first kappa shape index (κ1) is 11.7. The van der Waals surface area contributed by atoms with Gasteiger partial charge in [-0.2, -0.15) is 0 Å². The second kappa shape index (κ2) is 6.22. The van der Waals surface area contributed by atoms with Gasteiger partial charge in [-0.15, -0.1) is 0 Å². The summed E-state index contributed by atoms with van der Waals surface area (Å²) in [6.07, 6.45) is 2.95. The molecule has 0 aromatic heterocycles. The third-order valence-corrected chi connectivity index (χ3v) is 1.36. The van der Waals surface area contributed by atoms with Gasteiger partial charge in [0.2, 0.25) is 0 Å². The van der Waals surface area contributed by atoms with Crippen LogP contribution in [0.4, 0.5) is 0 Å². The smallest absolute Gasteiger partial charge is 0.356 e. The molecule has 4 heteroatoms. The molecule has 0 aromatic carbocycles. The highest BCUT2D eigenvalue weighted by molar-refractivity contribution is 6.39. The average molecular weight is 184 g/mol. The van der Waals surface area contributed by atoms with E-state index in [2.05, 4.69) is 4.74 Å². The number of ether oxygens (including phenoxy) is 1. The van der Waals surface area contributed by atoms with E-state index >= 15 is 0 Å². The first-order valence-electron chi connectivity index (χ1n) is 4.33. The van der Waals surface area contributed by atoms with E-state index in [1.807, 2.05) is 6.92 Å². The number of nitrogens with two attached hydrogens (primary N) is 1. The molecule has 0 saturated heterocycles. The number of carbonyl (C=O) groups excluding carboxylic acids is 1. The van der Waals surface area contributed by atoms with E-state index in [4.69, 9.17) is 11.1 Å². The highest BCUT2D eigenvalue weighted by Gasteiger charge is 2.06. The summed E-state index contributed by atoms with van der Waals surface area (Å²) in [4.78, 5) is 10.9.